The summed E-state index contributed by atoms with van der Waals surface area (Å²) in [4.78, 5) is 27.9. The largest absolute Gasteiger partial charge is 0.460 e. The van der Waals surface area contributed by atoms with E-state index in [9.17, 15) is 9.59 Å². The van der Waals surface area contributed by atoms with Crippen LogP contribution in [0, 0.1) is 88.8 Å². The molecule has 16 atom stereocenters. The Morgan fingerprint density at radius 2 is 1.24 bits per heavy atom. The summed E-state index contributed by atoms with van der Waals surface area (Å²) in [5.41, 5.74) is 0.0452. The molecule has 7 saturated carbocycles. The molecule has 0 amide bonds. The molecule has 218 valence electrons. The highest BCUT2D eigenvalue weighted by Gasteiger charge is 2.78. The van der Waals surface area contributed by atoms with Gasteiger partial charge in [0.05, 0.1) is 11.5 Å². The van der Waals surface area contributed by atoms with Gasteiger partial charge in [-0.25, -0.2) is 4.79 Å². The molecule has 42 heavy (non-hydrogen) atoms. The number of allylic oxidation sites excluding steroid dienone is 2. The number of ether oxygens (including phenoxy) is 2. The van der Waals surface area contributed by atoms with Gasteiger partial charge in [0.2, 0.25) is 0 Å². The van der Waals surface area contributed by atoms with Crippen LogP contribution < -0.4 is 0 Å². The summed E-state index contributed by atoms with van der Waals surface area (Å²) in [5.74, 6) is 9.70. The fourth-order valence-electron chi connectivity index (χ4n) is 13.9. The van der Waals surface area contributed by atoms with E-state index in [1.807, 2.05) is 63.2 Å². The van der Waals surface area contributed by atoms with Gasteiger partial charge in [0.25, 0.3) is 0 Å². The molecule has 8 bridgehead atoms. The van der Waals surface area contributed by atoms with Gasteiger partial charge in [-0.05, 0) is 140 Å². The Bertz CT molecular complexity index is 1540. The molecule has 0 saturated heterocycles. The number of esters is 2. The predicted molar refractivity (Wildman–Crippen MR) is 159 cm³/mol. The summed E-state index contributed by atoms with van der Waals surface area (Å²) in [5, 5.41) is 1.95. The van der Waals surface area contributed by atoms with Gasteiger partial charge in [0, 0.05) is 5.92 Å². The van der Waals surface area contributed by atoms with Gasteiger partial charge < -0.3 is 9.47 Å². The summed E-state index contributed by atoms with van der Waals surface area (Å²) in [6, 6.07) is 13.9. The zero-order valence-electron chi connectivity index (χ0n) is 24.9. The minimum absolute atomic E-state index is 0.144. The highest BCUT2D eigenvalue weighted by Crippen LogP contribution is 2.81. The van der Waals surface area contributed by atoms with E-state index in [4.69, 9.17) is 9.47 Å². The van der Waals surface area contributed by atoms with E-state index in [0.29, 0.717) is 17.4 Å². The van der Waals surface area contributed by atoms with Crippen LogP contribution in [0.4, 0.5) is 0 Å². The molecule has 16 unspecified atom stereocenters. The molecular weight excluding hydrogens is 520 g/mol. The van der Waals surface area contributed by atoms with Crippen molar-refractivity contribution >= 4 is 22.7 Å². The quantitative estimate of drug-likeness (QED) is 0.226. The lowest BCUT2D eigenvalue weighted by Gasteiger charge is -2.51. The SMILES string of the molecule is CC(C)(C)OC(=O)C1C2CC(C1OC(=O)c1cccc3ccccc13)C1C3CC(C21)C1C2CC(C4C5C=CC(C5)C24)C31. The minimum atomic E-state index is -0.558. The van der Waals surface area contributed by atoms with Gasteiger partial charge in [-0.15, -0.1) is 0 Å². The lowest BCUT2D eigenvalue weighted by atomic mass is 9.54. The molecule has 2 aromatic carbocycles. The lowest BCUT2D eigenvalue weighted by molar-refractivity contribution is -0.171. The first kappa shape index (κ1) is 24.8. The molecule has 0 N–H and O–H groups in total. The van der Waals surface area contributed by atoms with Crippen molar-refractivity contribution in [1.29, 1.82) is 0 Å². The van der Waals surface area contributed by atoms with E-state index in [1.54, 1.807) is 0 Å². The number of carbonyl (C=O) groups is 2. The van der Waals surface area contributed by atoms with Gasteiger partial charge in [-0.1, -0.05) is 48.6 Å². The van der Waals surface area contributed by atoms with Crippen LogP contribution in [0.1, 0.15) is 56.8 Å². The smallest absolute Gasteiger partial charge is 0.339 e. The van der Waals surface area contributed by atoms with Gasteiger partial charge >= 0.3 is 11.9 Å². The second-order valence-corrected chi connectivity index (χ2v) is 16.6. The summed E-state index contributed by atoms with van der Waals surface area (Å²) in [6.07, 6.45) is 10.0. The average molecular weight is 563 g/mol. The van der Waals surface area contributed by atoms with E-state index >= 15 is 0 Å². The molecule has 8 aliphatic rings. The van der Waals surface area contributed by atoms with Crippen molar-refractivity contribution in [2.45, 2.75) is 58.2 Å². The first-order chi connectivity index (χ1) is 20.3. The molecule has 0 spiro atoms. The van der Waals surface area contributed by atoms with Crippen molar-refractivity contribution in [2.24, 2.45) is 88.8 Å². The third-order valence-electron chi connectivity index (χ3n) is 14.2. The Morgan fingerprint density at radius 1 is 0.667 bits per heavy atom. The van der Waals surface area contributed by atoms with E-state index in [0.717, 1.165) is 76.4 Å². The highest BCUT2D eigenvalue weighted by molar-refractivity contribution is 6.04. The first-order valence-corrected chi connectivity index (χ1v) is 16.9. The number of hydrogen-bond acceptors (Lipinski definition) is 4. The molecule has 0 radical (unpaired) electrons. The van der Waals surface area contributed by atoms with Crippen molar-refractivity contribution < 1.29 is 19.1 Å². The fourth-order valence-corrected chi connectivity index (χ4v) is 13.9. The molecule has 7 fully saturated rings. The number of hydrogen-bond donors (Lipinski definition) is 0. The summed E-state index contributed by atoms with van der Waals surface area (Å²) < 4.78 is 12.6. The maximum absolute atomic E-state index is 14.0. The maximum atomic E-state index is 14.0. The van der Waals surface area contributed by atoms with Crippen LogP contribution in [-0.4, -0.2) is 23.6 Å². The van der Waals surface area contributed by atoms with Crippen molar-refractivity contribution in [2.75, 3.05) is 0 Å². The Labute approximate surface area is 248 Å². The highest BCUT2D eigenvalue weighted by atomic mass is 16.6. The van der Waals surface area contributed by atoms with E-state index in [1.165, 1.54) is 19.3 Å². The third-order valence-corrected chi connectivity index (χ3v) is 14.2. The topological polar surface area (TPSA) is 52.6 Å². The van der Waals surface area contributed by atoms with Crippen LogP contribution in [0.5, 0.6) is 0 Å². The summed E-state index contributed by atoms with van der Waals surface area (Å²) in [6.45, 7) is 5.86. The molecule has 0 heterocycles. The van der Waals surface area contributed by atoms with Crippen LogP contribution >= 0.6 is 0 Å². The van der Waals surface area contributed by atoms with Crippen molar-refractivity contribution in [3.63, 3.8) is 0 Å². The van der Waals surface area contributed by atoms with Crippen molar-refractivity contribution in [3.8, 4) is 0 Å². The fraction of sp³-hybridized carbons (Fsp3) is 0.632. The molecule has 0 aromatic heterocycles. The van der Waals surface area contributed by atoms with Crippen LogP contribution in [0.2, 0.25) is 0 Å². The van der Waals surface area contributed by atoms with E-state index in [-0.39, 0.29) is 35.8 Å². The Morgan fingerprint density at radius 3 is 1.93 bits per heavy atom. The van der Waals surface area contributed by atoms with Crippen molar-refractivity contribution in [1.82, 2.24) is 0 Å². The van der Waals surface area contributed by atoms with Crippen LogP contribution in [0.25, 0.3) is 10.8 Å². The van der Waals surface area contributed by atoms with Gasteiger partial charge in [0.15, 0.2) is 0 Å². The minimum Gasteiger partial charge on any atom is -0.460 e. The van der Waals surface area contributed by atoms with Gasteiger partial charge in [-0.2, -0.15) is 0 Å². The second-order valence-electron chi connectivity index (χ2n) is 16.6. The number of benzene rings is 2. The van der Waals surface area contributed by atoms with Crippen LogP contribution in [0.15, 0.2) is 54.6 Å². The zero-order chi connectivity index (χ0) is 28.2. The molecule has 10 rings (SSSR count). The van der Waals surface area contributed by atoms with Gasteiger partial charge in [0.1, 0.15) is 11.7 Å². The van der Waals surface area contributed by atoms with Crippen LogP contribution in [-0.2, 0) is 14.3 Å². The molecule has 0 aliphatic heterocycles. The van der Waals surface area contributed by atoms with Gasteiger partial charge in [-0.3, -0.25) is 4.79 Å². The Balaban J connectivity index is 0.998. The average Bonchev–Trinajstić information content (AvgIpc) is 3.79. The van der Waals surface area contributed by atoms with Crippen molar-refractivity contribution in [3.05, 3.63) is 60.2 Å². The monoisotopic (exact) mass is 562 g/mol. The molecule has 4 nitrogen and oxygen atoms in total. The maximum Gasteiger partial charge on any atom is 0.339 e. The molecule has 4 heteroatoms. The summed E-state index contributed by atoms with van der Waals surface area (Å²) >= 11 is 0. The molecular formula is C38H42O4. The Kier molecular flexibility index (Phi) is 4.78. The second kappa shape index (κ2) is 8.10. The standard InChI is InChI=1S/C38H42O4/c1-38(2,3)42-37(40)34-26-16-27(35(34)41-36(39)21-10-6-8-17-7-4-5-9-20(17)21)33-25-15-24(32(26)33)30-22-14-23(31(25)30)29-19-12-11-18(13-19)28(22)29/h4-12,18-19,22-35H,13-16H2,1-3H3. The summed E-state index contributed by atoms with van der Waals surface area (Å²) in [7, 11) is 0. The lowest BCUT2D eigenvalue weighted by Crippen LogP contribution is -2.52. The number of carbonyl (C=O) groups excluding carboxylic acids is 2. The van der Waals surface area contributed by atoms with E-state index in [2.05, 4.69) is 12.2 Å². The molecule has 2 aromatic rings. The first-order valence-electron chi connectivity index (χ1n) is 16.9. The number of rotatable bonds is 3. The van der Waals surface area contributed by atoms with E-state index < -0.39 is 5.60 Å². The Hall–Kier alpha value is -2.62. The predicted octanol–water partition coefficient (Wildman–Crippen LogP) is 7.18. The zero-order valence-corrected chi connectivity index (χ0v) is 24.9. The molecule has 8 aliphatic carbocycles. The normalized spacial score (nSPS) is 49.5. The van der Waals surface area contributed by atoms with Crippen LogP contribution in [0.3, 0.4) is 0 Å². The third kappa shape index (κ3) is 3.00. The number of fused-ring (bicyclic) bond motifs is 24.